The third-order valence-corrected chi connectivity index (χ3v) is 2.82. The van der Waals surface area contributed by atoms with Crippen molar-refractivity contribution >= 4 is 15.9 Å². The second-order valence-electron chi connectivity index (χ2n) is 4.31. The lowest BCUT2D eigenvalue weighted by molar-refractivity contribution is -0.166. The molecule has 0 N–H and O–H groups in total. The van der Waals surface area contributed by atoms with Crippen molar-refractivity contribution in [2.75, 3.05) is 13.2 Å². The van der Waals surface area contributed by atoms with Crippen molar-refractivity contribution in [1.29, 1.82) is 0 Å². The minimum Gasteiger partial charge on any atom is -0.353 e. The molecule has 0 aromatic rings. The summed E-state index contributed by atoms with van der Waals surface area (Å²) in [7, 11) is 0. The zero-order valence-electron chi connectivity index (χ0n) is 10.1. The molecule has 0 aliphatic carbocycles. The highest BCUT2D eigenvalue weighted by atomic mass is 79.9. The molecule has 0 radical (unpaired) electrons. The predicted octanol–water partition coefficient (Wildman–Crippen LogP) is 4.02. The monoisotopic (exact) mass is 288 g/mol. The molecule has 0 aromatic heterocycles. The molecule has 2 unspecified atom stereocenters. The smallest absolute Gasteiger partial charge is 0.157 e. The topological polar surface area (TPSA) is 18.5 Å². The van der Waals surface area contributed by atoms with Gasteiger partial charge in [0, 0.05) is 6.61 Å². The van der Waals surface area contributed by atoms with Crippen LogP contribution in [0.5, 0.6) is 0 Å². The van der Waals surface area contributed by atoms with Crippen molar-refractivity contribution in [3.05, 3.63) is 22.7 Å². The fraction of sp³-hybridized carbons (Fsp3) is 0.692. The predicted molar refractivity (Wildman–Crippen MR) is 70.5 cm³/mol. The highest BCUT2D eigenvalue weighted by Gasteiger charge is 2.14. The van der Waals surface area contributed by atoms with E-state index in [1.807, 2.05) is 11.1 Å². The van der Waals surface area contributed by atoms with Crippen LogP contribution in [-0.2, 0) is 9.47 Å². The molecule has 1 fully saturated rings. The quantitative estimate of drug-likeness (QED) is 0.712. The summed E-state index contributed by atoms with van der Waals surface area (Å²) in [5, 5.41) is 0. The Morgan fingerprint density at radius 2 is 2.38 bits per heavy atom. The fourth-order valence-corrected chi connectivity index (χ4v) is 2.17. The summed E-state index contributed by atoms with van der Waals surface area (Å²) in [5.41, 5.74) is 1.25. The summed E-state index contributed by atoms with van der Waals surface area (Å²) in [6.07, 6.45) is 7.70. The Labute approximate surface area is 107 Å². The van der Waals surface area contributed by atoms with Gasteiger partial charge in [0.2, 0.25) is 0 Å². The average molecular weight is 289 g/mol. The van der Waals surface area contributed by atoms with Crippen molar-refractivity contribution in [1.82, 2.24) is 0 Å². The highest BCUT2D eigenvalue weighted by molar-refractivity contribution is 9.11. The molecule has 1 aliphatic rings. The van der Waals surface area contributed by atoms with E-state index in [1.165, 1.54) is 18.4 Å². The summed E-state index contributed by atoms with van der Waals surface area (Å²) >= 11 is 3.27. The minimum atomic E-state index is 0.0247. The van der Waals surface area contributed by atoms with Gasteiger partial charge >= 0.3 is 0 Å². The maximum Gasteiger partial charge on any atom is 0.157 e. The van der Waals surface area contributed by atoms with E-state index in [0.717, 1.165) is 19.6 Å². The first-order valence-corrected chi connectivity index (χ1v) is 6.82. The number of hydrogen-bond acceptors (Lipinski definition) is 2. The zero-order chi connectivity index (χ0) is 11.8. The third-order valence-electron chi connectivity index (χ3n) is 2.56. The Morgan fingerprint density at radius 3 is 3.00 bits per heavy atom. The number of rotatable bonds is 5. The maximum absolute atomic E-state index is 5.72. The summed E-state index contributed by atoms with van der Waals surface area (Å²) in [4.78, 5) is 1.87. The summed E-state index contributed by atoms with van der Waals surface area (Å²) in [5.74, 6) is 0.425. The lowest BCUT2D eigenvalue weighted by atomic mass is 10.1. The second kappa shape index (κ2) is 8.04. The standard InChI is InChI=1S/C13H21BrO2/c1-11(6-7-14)9-12(2)10-16-13-5-3-4-8-15-13/h6-7,9,12-13H,3-5,8,10H2,1-2H3/b7-6-,11-9+. The molecule has 16 heavy (non-hydrogen) atoms. The van der Waals surface area contributed by atoms with Crippen LogP contribution in [0.1, 0.15) is 33.1 Å². The van der Waals surface area contributed by atoms with Crippen molar-refractivity contribution in [2.45, 2.75) is 39.4 Å². The van der Waals surface area contributed by atoms with Gasteiger partial charge in [-0.25, -0.2) is 0 Å². The molecule has 1 aliphatic heterocycles. The van der Waals surface area contributed by atoms with E-state index in [4.69, 9.17) is 9.47 Å². The van der Waals surface area contributed by atoms with Crippen molar-refractivity contribution in [3.8, 4) is 0 Å². The molecule has 2 nitrogen and oxygen atoms in total. The zero-order valence-corrected chi connectivity index (χ0v) is 11.7. The first kappa shape index (κ1) is 13.9. The lowest BCUT2D eigenvalue weighted by Crippen LogP contribution is -2.24. The first-order chi connectivity index (χ1) is 7.72. The Morgan fingerprint density at radius 1 is 1.56 bits per heavy atom. The van der Waals surface area contributed by atoms with E-state index in [2.05, 4.69) is 35.9 Å². The van der Waals surface area contributed by atoms with Crippen LogP contribution >= 0.6 is 15.9 Å². The van der Waals surface area contributed by atoms with Crippen molar-refractivity contribution in [2.24, 2.45) is 5.92 Å². The summed E-state index contributed by atoms with van der Waals surface area (Å²) in [6.45, 7) is 5.83. The van der Waals surface area contributed by atoms with Crippen LogP contribution in [0.2, 0.25) is 0 Å². The molecule has 1 rings (SSSR count). The SMILES string of the molecule is CC(/C=C\Br)=C\C(C)COC1CCCCO1. The molecule has 1 heterocycles. The third kappa shape index (κ3) is 5.83. The van der Waals surface area contributed by atoms with Gasteiger partial charge in [-0.15, -0.1) is 0 Å². The number of hydrogen-bond donors (Lipinski definition) is 0. The Hall–Kier alpha value is -0.120. The molecule has 1 saturated heterocycles. The number of halogens is 1. The van der Waals surface area contributed by atoms with E-state index in [1.54, 1.807) is 0 Å². The molecule has 2 atom stereocenters. The van der Waals surface area contributed by atoms with Gasteiger partial charge in [0.1, 0.15) is 0 Å². The van der Waals surface area contributed by atoms with Crippen LogP contribution in [0.4, 0.5) is 0 Å². The van der Waals surface area contributed by atoms with Gasteiger partial charge in [0.25, 0.3) is 0 Å². The fourth-order valence-electron chi connectivity index (χ4n) is 1.75. The molecule has 0 spiro atoms. The summed E-state index contributed by atoms with van der Waals surface area (Å²) in [6, 6.07) is 0. The Bertz CT molecular complexity index is 242. The number of ether oxygens (including phenoxy) is 2. The minimum absolute atomic E-state index is 0.0247. The second-order valence-corrected chi connectivity index (χ2v) is 4.84. The average Bonchev–Trinajstić information content (AvgIpc) is 2.28. The van der Waals surface area contributed by atoms with Crippen LogP contribution < -0.4 is 0 Å². The van der Waals surface area contributed by atoms with E-state index in [0.29, 0.717) is 5.92 Å². The number of allylic oxidation sites excluding steroid dienone is 2. The summed E-state index contributed by atoms with van der Waals surface area (Å²) < 4.78 is 11.2. The van der Waals surface area contributed by atoms with Gasteiger partial charge in [-0.2, -0.15) is 0 Å². The molecular weight excluding hydrogens is 268 g/mol. The van der Waals surface area contributed by atoms with Gasteiger partial charge in [-0.05, 0) is 37.1 Å². The van der Waals surface area contributed by atoms with Crippen LogP contribution in [0.3, 0.4) is 0 Å². The van der Waals surface area contributed by atoms with Crippen molar-refractivity contribution < 1.29 is 9.47 Å². The molecule has 92 valence electrons. The van der Waals surface area contributed by atoms with Gasteiger partial charge in [0.15, 0.2) is 6.29 Å². The Balaban J connectivity index is 2.23. The van der Waals surface area contributed by atoms with Crippen molar-refractivity contribution in [3.63, 3.8) is 0 Å². The van der Waals surface area contributed by atoms with E-state index in [-0.39, 0.29) is 6.29 Å². The normalized spacial score (nSPS) is 24.9. The van der Waals surface area contributed by atoms with E-state index >= 15 is 0 Å². The molecule has 0 aromatic carbocycles. The lowest BCUT2D eigenvalue weighted by Gasteiger charge is -2.23. The van der Waals surface area contributed by atoms with Gasteiger partial charge in [-0.3, -0.25) is 0 Å². The maximum atomic E-state index is 5.72. The van der Waals surface area contributed by atoms with Gasteiger partial charge < -0.3 is 9.47 Å². The largest absolute Gasteiger partial charge is 0.353 e. The van der Waals surface area contributed by atoms with Crippen LogP contribution in [0.25, 0.3) is 0 Å². The van der Waals surface area contributed by atoms with Gasteiger partial charge in [-0.1, -0.05) is 40.6 Å². The molecule has 0 amide bonds. The van der Waals surface area contributed by atoms with Gasteiger partial charge in [0.05, 0.1) is 6.61 Å². The van der Waals surface area contributed by atoms with Crippen LogP contribution in [-0.4, -0.2) is 19.5 Å². The highest BCUT2D eigenvalue weighted by Crippen LogP contribution is 2.15. The first-order valence-electron chi connectivity index (χ1n) is 5.90. The Kier molecular flexibility index (Phi) is 7.01. The molecule has 0 bridgehead atoms. The van der Waals surface area contributed by atoms with Crippen LogP contribution in [0.15, 0.2) is 22.7 Å². The van der Waals surface area contributed by atoms with Crippen LogP contribution in [0, 0.1) is 5.92 Å². The molecule has 0 saturated carbocycles. The van der Waals surface area contributed by atoms with E-state index < -0.39 is 0 Å². The molecule has 3 heteroatoms. The van der Waals surface area contributed by atoms with E-state index in [9.17, 15) is 0 Å². The molecular formula is C13H21BrO2.